The summed E-state index contributed by atoms with van der Waals surface area (Å²) < 4.78 is 15.3. The Morgan fingerprint density at radius 2 is 1.67 bits per heavy atom. The number of carbonyl (C=O) groups is 3. The van der Waals surface area contributed by atoms with E-state index >= 15 is 0 Å². The Morgan fingerprint density at radius 3 is 2.30 bits per heavy atom. The number of nitrogens with zero attached hydrogens (tertiary/aromatic N) is 2. The highest BCUT2D eigenvalue weighted by Crippen LogP contribution is 2.34. The van der Waals surface area contributed by atoms with E-state index in [1.54, 1.807) is 24.3 Å². The van der Waals surface area contributed by atoms with E-state index in [0.29, 0.717) is 17.2 Å². The van der Waals surface area contributed by atoms with Crippen molar-refractivity contribution in [3.63, 3.8) is 0 Å². The molecule has 1 aliphatic rings. The molecule has 0 atom stereocenters. The van der Waals surface area contributed by atoms with Crippen LogP contribution in [-0.4, -0.2) is 44.8 Å². The first-order chi connectivity index (χ1) is 14.5. The fraction of sp³-hybridized carbons (Fsp3) is 0.238. The second kappa shape index (κ2) is 9.08. The Balaban J connectivity index is 1.93. The van der Waals surface area contributed by atoms with Crippen molar-refractivity contribution in [3.8, 4) is 11.5 Å². The maximum absolute atomic E-state index is 12.9. The molecular weight excluding hydrogens is 390 g/mol. The minimum absolute atomic E-state index is 0.0934. The Morgan fingerprint density at radius 1 is 1.00 bits per heavy atom. The molecule has 0 radical (unpaired) electrons. The molecule has 1 N–H and O–H groups in total. The number of hydrazone groups is 1. The van der Waals surface area contributed by atoms with Gasteiger partial charge in [-0.25, -0.2) is 9.80 Å². The molecular formula is C21H21N3O6. The standard InChI is InChI=1S/C21H21N3O6/c1-28-17-11-14(21(27)30-3)16(12-18(17)29-2)22-20(26)15-9-10-19(25)24(23-15)13-7-5-4-6-8-13/h4-8,11-12H,9-10H2,1-3H3,(H,22,26). The molecule has 3 rings (SSSR count). The molecule has 0 unspecified atom stereocenters. The van der Waals surface area contributed by atoms with Gasteiger partial charge in [0, 0.05) is 25.0 Å². The number of benzene rings is 2. The largest absolute Gasteiger partial charge is 0.493 e. The van der Waals surface area contributed by atoms with Crippen molar-refractivity contribution in [3.05, 3.63) is 48.0 Å². The summed E-state index contributed by atoms with van der Waals surface area (Å²) in [6.07, 6.45) is 0.311. The molecule has 0 fully saturated rings. The third-order valence-corrected chi connectivity index (χ3v) is 4.47. The third-order valence-electron chi connectivity index (χ3n) is 4.47. The molecule has 9 nitrogen and oxygen atoms in total. The number of nitrogens with one attached hydrogen (secondary N) is 1. The van der Waals surface area contributed by atoms with Gasteiger partial charge in [0.05, 0.1) is 38.3 Å². The number of methoxy groups -OCH3 is 3. The normalized spacial score (nSPS) is 13.4. The quantitative estimate of drug-likeness (QED) is 0.733. The predicted octanol–water partition coefficient (Wildman–Crippen LogP) is 2.61. The van der Waals surface area contributed by atoms with Crippen molar-refractivity contribution in [1.82, 2.24) is 0 Å². The monoisotopic (exact) mass is 411 g/mol. The lowest BCUT2D eigenvalue weighted by atomic mass is 10.1. The smallest absolute Gasteiger partial charge is 0.340 e. The first-order valence-corrected chi connectivity index (χ1v) is 9.09. The lowest BCUT2D eigenvalue weighted by Gasteiger charge is -2.23. The van der Waals surface area contributed by atoms with Gasteiger partial charge in [-0.3, -0.25) is 9.59 Å². The van der Waals surface area contributed by atoms with E-state index in [1.807, 2.05) is 6.07 Å². The van der Waals surface area contributed by atoms with E-state index in [-0.39, 0.29) is 35.7 Å². The van der Waals surface area contributed by atoms with Crippen LogP contribution in [0.3, 0.4) is 0 Å². The Labute approximate surface area is 173 Å². The minimum Gasteiger partial charge on any atom is -0.493 e. The van der Waals surface area contributed by atoms with Gasteiger partial charge >= 0.3 is 5.97 Å². The van der Waals surface area contributed by atoms with Crippen molar-refractivity contribution < 1.29 is 28.6 Å². The van der Waals surface area contributed by atoms with Gasteiger partial charge in [-0.05, 0) is 12.1 Å². The molecule has 0 saturated carbocycles. The fourth-order valence-electron chi connectivity index (χ4n) is 2.94. The Hall–Kier alpha value is -3.88. The molecule has 0 bridgehead atoms. The number of amides is 2. The van der Waals surface area contributed by atoms with Crippen LogP contribution in [0.5, 0.6) is 11.5 Å². The Bertz CT molecular complexity index is 1000. The lowest BCUT2D eigenvalue weighted by Crippen LogP contribution is -2.36. The van der Waals surface area contributed by atoms with Crippen LogP contribution in [0.1, 0.15) is 23.2 Å². The molecule has 0 aliphatic carbocycles. The van der Waals surface area contributed by atoms with Gasteiger partial charge in [-0.1, -0.05) is 18.2 Å². The van der Waals surface area contributed by atoms with Crippen LogP contribution in [0.4, 0.5) is 11.4 Å². The molecule has 2 amide bonds. The molecule has 2 aromatic rings. The molecule has 0 spiro atoms. The van der Waals surface area contributed by atoms with Crippen LogP contribution in [0.25, 0.3) is 0 Å². The zero-order valence-electron chi connectivity index (χ0n) is 16.8. The van der Waals surface area contributed by atoms with Crippen LogP contribution >= 0.6 is 0 Å². The van der Waals surface area contributed by atoms with Crippen molar-refractivity contribution in [2.24, 2.45) is 5.10 Å². The molecule has 1 heterocycles. The zero-order valence-corrected chi connectivity index (χ0v) is 16.8. The van der Waals surface area contributed by atoms with Crippen LogP contribution in [0.2, 0.25) is 0 Å². The second-order valence-corrected chi connectivity index (χ2v) is 6.29. The molecule has 9 heteroatoms. The third kappa shape index (κ3) is 4.24. The number of carbonyl (C=O) groups excluding carboxylic acids is 3. The first-order valence-electron chi connectivity index (χ1n) is 9.09. The maximum atomic E-state index is 12.9. The summed E-state index contributed by atoms with van der Waals surface area (Å²) in [7, 11) is 4.11. The van der Waals surface area contributed by atoms with E-state index in [2.05, 4.69) is 10.4 Å². The van der Waals surface area contributed by atoms with Gasteiger partial charge < -0.3 is 19.5 Å². The summed E-state index contributed by atoms with van der Waals surface area (Å²) in [5.74, 6) is -0.767. The summed E-state index contributed by atoms with van der Waals surface area (Å²) in [5, 5.41) is 8.08. The second-order valence-electron chi connectivity index (χ2n) is 6.29. The van der Waals surface area contributed by atoms with Crippen LogP contribution in [0, 0.1) is 0 Å². The highest BCUT2D eigenvalue weighted by molar-refractivity contribution is 6.44. The van der Waals surface area contributed by atoms with E-state index < -0.39 is 11.9 Å². The van der Waals surface area contributed by atoms with Gasteiger partial charge in [-0.15, -0.1) is 0 Å². The topological polar surface area (TPSA) is 107 Å². The van der Waals surface area contributed by atoms with Gasteiger partial charge in [0.1, 0.15) is 5.71 Å². The van der Waals surface area contributed by atoms with Crippen molar-refractivity contribution in [2.75, 3.05) is 31.7 Å². The molecule has 156 valence electrons. The number of para-hydroxylation sites is 1. The summed E-state index contributed by atoms with van der Waals surface area (Å²) in [6, 6.07) is 11.7. The summed E-state index contributed by atoms with van der Waals surface area (Å²) >= 11 is 0. The van der Waals surface area contributed by atoms with Crippen molar-refractivity contribution in [2.45, 2.75) is 12.8 Å². The molecule has 0 aromatic heterocycles. The fourth-order valence-corrected chi connectivity index (χ4v) is 2.94. The van der Waals surface area contributed by atoms with Crippen LogP contribution < -0.4 is 19.8 Å². The Kier molecular flexibility index (Phi) is 6.31. The van der Waals surface area contributed by atoms with Gasteiger partial charge in [0.25, 0.3) is 5.91 Å². The number of hydrogen-bond acceptors (Lipinski definition) is 7. The lowest BCUT2D eigenvalue weighted by molar-refractivity contribution is -0.118. The predicted molar refractivity (Wildman–Crippen MR) is 110 cm³/mol. The van der Waals surface area contributed by atoms with Gasteiger partial charge in [-0.2, -0.15) is 5.10 Å². The molecule has 2 aromatic carbocycles. The maximum Gasteiger partial charge on any atom is 0.340 e. The number of rotatable bonds is 6. The van der Waals surface area contributed by atoms with Gasteiger partial charge in [0.15, 0.2) is 11.5 Å². The zero-order chi connectivity index (χ0) is 21.7. The average Bonchev–Trinajstić information content (AvgIpc) is 2.79. The van der Waals surface area contributed by atoms with Crippen LogP contribution in [-0.2, 0) is 14.3 Å². The summed E-state index contributed by atoms with van der Waals surface area (Å²) in [6.45, 7) is 0. The number of esters is 1. The molecule has 30 heavy (non-hydrogen) atoms. The highest BCUT2D eigenvalue weighted by atomic mass is 16.5. The average molecular weight is 411 g/mol. The van der Waals surface area contributed by atoms with Gasteiger partial charge in [0.2, 0.25) is 5.91 Å². The summed E-state index contributed by atoms with van der Waals surface area (Å²) in [5.41, 5.74) is 0.990. The SMILES string of the molecule is COC(=O)c1cc(OC)c(OC)cc1NC(=O)C1=NN(c2ccccc2)C(=O)CC1. The van der Waals surface area contributed by atoms with Crippen molar-refractivity contribution in [1.29, 1.82) is 0 Å². The number of anilines is 2. The molecule has 1 aliphatic heterocycles. The molecule has 0 saturated heterocycles. The first kappa shape index (κ1) is 20.8. The van der Waals surface area contributed by atoms with E-state index in [9.17, 15) is 14.4 Å². The van der Waals surface area contributed by atoms with E-state index in [1.165, 1.54) is 38.5 Å². The highest BCUT2D eigenvalue weighted by Gasteiger charge is 2.27. The van der Waals surface area contributed by atoms with E-state index in [0.717, 1.165) is 0 Å². The minimum atomic E-state index is -0.655. The number of hydrogen-bond donors (Lipinski definition) is 1. The van der Waals surface area contributed by atoms with E-state index in [4.69, 9.17) is 14.2 Å². The van der Waals surface area contributed by atoms with Crippen molar-refractivity contribution >= 4 is 34.9 Å². The number of ether oxygens (including phenoxy) is 3. The summed E-state index contributed by atoms with van der Waals surface area (Å²) in [4.78, 5) is 37.3. The van der Waals surface area contributed by atoms with Crippen LogP contribution in [0.15, 0.2) is 47.6 Å².